The van der Waals surface area contributed by atoms with E-state index in [0.717, 1.165) is 28.6 Å². The highest BCUT2D eigenvalue weighted by Crippen LogP contribution is 2.26. The van der Waals surface area contributed by atoms with E-state index < -0.39 is 0 Å². The third-order valence-corrected chi connectivity index (χ3v) is 3.61. The number of rotatable bonds is 7. The SMILES string of the molecule is COc1ccc(CC(=O)C(C)CCCN)cc1Br. The van der Waals surface area contributed by atoms with Gasteiger partial charge >= 0.3 is 0 Å². The zero-order chi connectivity index (χ0) is 13.5. The number of nitrogens with two attached hydrogens (primary N) is 1. The summed E-state index contributed by atoms with van der Waals surface area (Å²) in [5.41, 5.74) is 6.46. The minimum Gasteiger partial charge on any atom is -0.496 e. The molecular weight excluding hydrogens is 294 g/mol. The molecule has 0 aliphatic heterocycles. The maximum atomic E-state index is 12.0. The van der Waals surface area contributed by atoms with Crippen molar-refractivity contribution in [2.45, 2.75) is 26.2 Å². The van der Waals surface area contributed by atoms with Crippen LogP contribution in [0, 0.1) is 5.92 Å². The topological polar surface area (TPSA) is 52.3 Å². The van der Waals surface area contributed by atoms with E-state index in [0.29, 0.717) is 13.0 Å². The van der Waals surface area contributed by atoms with Crippen molar-refractivity contribution in [1.29, 1.82) is 0 Å². The predicted octanol–water partition coefficient (Wildman–Crippen LogP) is 2.94. The van der Waals surface area contributed by atoms with Gasteiger partial charge in [0.1, 0.15) is 11.5 Å². The third kappa shape index (κ3) is 4.42. The number of ether oxygens (including phenoxy) is 1. The molecule has 0 aromatic heterocycles. The highest BCUT2D eigenvalue weighted by molar-refractivity contribution is 9.10. The molecule has 2 N–H and O–H groups in total. The summed E-state index contributed by atoms with van der Waals surface area (Å²) in [5.74, 6) is 1.12. The molecule has 1 aromatic carbocycles. The van der Waals surface area contributed by atoms with Gasteiger partial charge < -0.3 is 10.5 Å². The maximum Gasteiger partial charge on any atom is 0.140 e. The predicted molar refractivity (Wildman–Crippen MR) is 76.9 cm³/mol. The lowest BCUT2D eigenvalue weighted by Gasteiger charge is -2.10. The van der Waals surface area contributed by atoms with Crippen LogP contribution in [0.4, 0.5) is 0 Å². The second-order valence-electron chi connectivity index (χ2n) is 4.44. The van der Waals surface area contributed by atoms with Gasteiger partial charge in [-0.15, -0.1) is 0 Å². The van der Waals surface area contributed by atoms with E-state index >= 15 is 0 Å². The summed E-state index contributed by atoms with van der Waals surface area (Å²) < 4.78 is 6.04. The van der Waals surface area contributed by atoms with Crippen LogP contribution in [-0.4, -0.2) is 19.4 Å². The number of carbonyl (C=O) groups excluding carboxylic acids is 1. The number of Topliss-reactive ketones (excluding diaryl/α,β-unsaturated/α-hetero) is 1. The maximum absolute atomic E-state index is 12.0. The summed E-state index contributed by atoms with van der Waals surface area (Å²) in [4.78, 5) is 12.0. The molecule has 0 heterocycles. The lowest BCUT2D eigenvalue weighted by Crippen LogP contribution is -2.15. The third-order valence-electron chi connectivity index (χ3n) is 2.99. The molecule has 0 radical (unpaired) electrons. The van der Waals surface area contributed by atoms with Crippen LogP contribution in [0.1, 0.15) is 25.3 Å². The van der Waals surface area contributed by atoms with Crippen LogP contribution in [0.3, 0.4) is 0 Å². The van der Waals surface area contributed by atoms with Gasteiger partial charge in [-0.25, -0.2) is 0 Å². The van der Waals surface area contributed by atoms with Crippen LogP contribution in [0.2, 0.25) is 0 Å². The Morgan fingerprint density at radius 2 is 2.22 bits per heavy atom. The molecule has 0 bridgehead atoms. The van der Waals surface area contributed by atoms with Gasteiger partial charge in [0, 0.05) is 12.3 Å². The Morgan fingerprint density at radius 3 is 2.78 bits per heavy atom. The summed E-state index contributed by atoms with van der Waals surface area (Å²) >= 11 is 3.42. The molecule has 0 saturated heterocycles. The van der Waals surface area contributed by atoms with Gasteiger partial charge in [0.05, 0.1) is 11.6 Å². The van der Waals surface area contributed by atoms with Crippen molar-refractivity contribution < 1.29 is 9.53 Å². The van der Waals surface area contributed by atoms with E-state index in [4.69, 9.17) is 10.5 Å². The minimum atomic E-state index is 0.0782. The lowest BCUT2D eigenvalue weighted by atomic mass is 9.95. The molecule has 0 aliphatic carbocycles. The smallest absolute Gasteiger partial charge is 0.140 e. The fourth-order valence-electron chi connectivity index (χ4n) is 1.78. The zero-order valence-electron chi connectivity index (χ0n) is 10.9. The van der Waals surface area contributed by atoms with Crippen molar-refractivity contribution in [2.24, 2.45) is 11.7 Å². The number of hydrogen-bond donors (Lipinski definition) is 1. The lowest BCUT2D eigenvalue weighted by molar-refractivity contribution is -0.121. The van der Waals surface area contributed by atoms with Gasteiger partial charge in [-0.1, -0.05) is 13.0 Å². The van der Waals surface area contributed by atoms with Gasteiger partial charge in [-0.05, 0) is 53.0 Å². The van der Waals surface area contributed by atoms with Gasteiger partial charge in [-0.2, -0.15) is 0 Å². The van der Waals surface area contributed by atoms with Crippen molar-refractivity contribution >= 4 is 21.7 Å². The fourth-order valence-corrected chi connectivity index (χ4v) is 2.37. The molecule has 0 saturated carbocycles. The quantitative estimate of drug-likeness (QED) is 0.842. The Balaban J connectivity index is 2.61. The molecule has 4 heteroatoms. The molecule has 1 unspecified atom stereocenters. The van der Waals surface area contributed by atoms with Crippen molar-refractivity contribution in [3.63, 3.8) is 0 Å². The Labute approximate surface area is 117 Å². The van der Waals surface area contributed by atoms with Crippen LogP contribution in [0.15, 0.2) is 22.7 Å². The first-order valence-corrected chi connectivity index (χ1v) is 6.93. The first-order valence-electron chi connectivity index (χ1n) is 6.13. The number of methoxy groups -OCH3 is 1. The van der Waals surface area contributed by atoms with E-state index in [1.165, 1.54) is 0 Å². The highest BCUT2D eigenvalue weighted by atomic mass is 79.9. The van der Waals surface area contributed by atoms with Crippen LogP contribution < -0.4 is 10.5 Å². The molecule has 1 atom stereocenters. The van der Waals surface area contributed by atoms with Crippen molar-refractivity contribution in [3.8, 4) is 5.75 Å². The highest BCUT2D eigenvalue weighted by Gasteiger charge is 2.13. The summed E-state index contributed by atoms with van der Waals surface area (Å²) in [6.07, 6.45) is 2.24. The number of hydrogen-bond acceptors (Lipinski definition) is 3. The van der Waals surface area contributed by atoms with Crippen molar-refractivity contribution in [2.75, 3.05) is 13.7 Å². The molecule has 0 aliphatic rings. The zero-order valence-corrected chi connectivity index (χ0v) is 12.5. The van der Waals surface area contributed by atoms with Crippen molar-refractivity contribution in [3.05, 3.63) is 28.2 Å². The molecule has 1 rings (SSSR count). The van der Waals surface area contributed by atoms with E-state index in [1.54, 1.807) is 7.11 Å². The first kappa shape index (κ1) is 15.2. The second kappa shape index (κ2) is 7.54. The van der Waals surface area contributed by atoms with Crippen molar-refractivity contribution in [1.82, 2.24) is 0 Å². The molecule has 0 amide bonds. The fraction of sp³-hybridized carbons (Fsp3) is 0.500. The number of carbonyl (C=O) groups is 1. The van der Waals surface area contributed by atoms with E-state index in [1.807, 2.05) is 25.1 Å². The Kier molecular flexibility index (Phi) is 6.36. The van der Waals surface area contributed by atoms with E-state index in [2.05, 4.69) is 15.9 Å². The average molecular weight is 314 g/mol. The summed E-state index contributed by atoms with van der Waals surface area (Å²) in [6.45, 7) is 2.61. The summed E-state index contributed by atoms with van der Waals surface area (Å²) in [6, 6.07) is 5.74. The molecule has 0 fully saturated rings. The monoisotopic (exact) mass is 313 g/mol. The average Bonchev–Trinajstić information content (AvgIpc) is 2.36. The Hall–Kier alpha value is -0.870. The Morgan fingerprint density at radius 1 is 1.50 bits per heavy atom. The molecule has 0 spiro atoms. The summed E-state index contributed by atoms with van der Waals surface area (Å²) in [5, 5.41) is 0. The largest absolute Gasteiger partial charge is 0.496 e. The number of benzene rings is 1. The molecule has 1 aromatic rings. The first-order chi connectivity index (χ1) is 8.58. The van der Waals surface area contributed by atoms with Gasteiger partial charge in [0.25, 0.3) is 0 Å². The van der Waals surface area contributed by atoms with Crippen LogP contribution in [-0.2, 0) is 11.2 Å². The van der Waals surface area contributed by atoms with Gasteiger partial charge in [0.2, 0.25) is 0 Å². The van der Waals surface area contributed by atoms with E-state index in [-0.39, 0.29) is 11.7 Å². The second-order valence-corrected chi connectivity index (χ2v) is 5.30. The number of ketones is 1. The molecular formula is C14H20BrNO2. The summed E-state index contributed by atoms with van der Waals surface area (Å²) in [7, 11) is 1.62. The van der Waals surface area contributed by atoms with Gasteiger partial charge in [-0.3, -0.25) is 4.79 Å². The number of halogens is 1. The minimum absolute atomic E-state index is 0.0782. The van der Waals surface area contributed by atoms with Crippen LogP contribution in [0.5, 0.6) is 5.75 Å². The molecule has 18 heavy (non-hydrogen) atoms. The normalized spacial score (nSPS) is 12.2. The molecule has 3 nitrogen and oxygen atoms in total. The van der Waals surface area contributed by atoms with E-state index in [9.17, 15) is 4.79 Å². The Bertz CT molecular complexity index is 407. The van der Waals surface area contributed by atoms with Crippen LogP contribution in [0.25, 0.3) is 0 Å². The van der Waals surface area contributed by atoms with Gasteiger partial charge in [0.15, 0.2) is 0 Å². The van der Waals surface area contributed by atoms with Crippen LogP contribution >= 0.6 is 15.9 Å². The standard InChI is InChI=1S/C14H20BrNO2/c1-10(4-3-7-16)13(17)9-11-5-6-14(18-2)12(15)8-11/h5-6,8,10H,3-4,7,9,16H2,1-2H3. The molecule has 100 valence electrons.